The molecular weight excluding hydrogens is 264 g/mol. The molecule has 2 rings (SSSR count). The molecule has 1 saturated heterocycles. The summed E-state index contributed by atoms with van der Waals surface area (Å²) in [6.07, 6.45) is -4.37. The molecule has 0 bridgehead atoms. The molecule has 6 heteroatoms. The second-order valence-electron chi connectivity index (χ2n) is 4.58. The molecule has 6 nitrogen and oxygen atoms in total. The summed E-state index contributed by atoms with van der Waals surface area (Å²) in [6, 6.07) is 9.26. The maximum absolute atomic E-state index is 10.0. The summed E-state index contributed by atoms with van der Waals surface area (Å²) in [5.41, 5.74) is 0. The van der Waals surface area contributed by atoms with Crippen molar-refractivity contribution in [3.05, 3.63) is 30.3 Å². The third kappa shape index (κ3) is 3.28. The topological polar surface area (TPSA) is 77.4 Å². The minimum Gasteiger partial charge on any atom is -0.491 e. The van der Waals surface area contributed by atoms with Gasteiger partial charge in [-0.2, -0.15) is 0 Å². The van der Waals surface area contributed by atoms with Crippen LogP contribution in [0.1, 0.15) is 0 Å². The van der Waals surface area contributed by atoms with Crippen LogP contribution in [-0.4, -0.2) is 61.7 Å². The Morgan fingerprint density at radius 2 is 1.75 bits per heavy atom. The van der Waals surface area contributed by atoms with E-state index in [9.17, 15) is 10.2 Å². The monoisotopic (exact) mass is 284 g/mol. The average Bonchev–Trinajstić information content (AvgIpc) is 2.49. The highest BCUT2D eigenvalue weighted by Gasteiger charge is 2.45. The number of aliphatic hydroxyl groups is 2. The lowest BCUT2D eigenvalue weighted by molar-refractivity contribution is -0.296. The van der Waals surface area contributed by atoms with Crippen LogP contribution in [0.5, 0.6) is 5.75 Å². The van der Waals surface area contributed by atoms with Crippen molar-refractivity contribution >= 4 is 0 Å². The van der Waals surface area contributed by atoms with Crippen molar-refractivity contribution in [3.63, 3.8) is 0 Å². The van der Waals surface area contributed by atoms with Crippen LogP contribution in [0.15, 0.2) is 30.3 Å². The normalized spacial score (nSPS) is 33.9. The SMILES string of the molecule is CO[C@H]1OC(COc2ccccc2)[C@@H](OC)C(O)C1O. The molecule has 0 spiro atoms. The number of hydrogen-bond acceptors (Lipinski definition) is 6. The smallest absolute Gasteiger partial charge is 0.186 e. The zero-order valence-corrected chi connectivity index (χ0v) is 11.5. The Morgan fingerprint density at radius 1 is 1.05 bits per heavy atom. The van der Waals surface area contributed by atoms with Crippen LogP contribution in [0.2, 0.25) is 0 Å². The van der Waals surface area contributed by atoms with Crippen molar-refractivity contribution < 1.29 is 29.2 Å². The number of ether oxygens (including phenoxy) is 4. The predicted octanol–water partition coefficient (Wildman–Crippen LogP) is 0.173. The molecule has 112 valence electrons. The third-order valence-electron chi connectivity index (χ3n) is 3.30. The molecule has 1 aromatic carbocycles. The van der Waals surface area contributed by atoms with Gasteiger partial charge in [0.25, 0.3) is 0 Å². The molecule has 5 atom stereocenters. The van der Waals surface area contributed by atoms with Gasteiger partial charge in [0.2, 0.25) is 0 Å². The molecule has 0 aromatic heterocycles. The van der Waals surface area contributed by atoms with Crippen LogP contribution in [0.3, 0.4) is 0 Å². The summed E-state index contributed by atoms with van der Waals surface area (Å²) in [6.45, 7) is 0.187. The van der Waals surface area contributed by atoms with Gasteiger partial charge < -0.3 is 29.2 Å². The van der Waals surface area contributed by atoms with Crippen LogP contribution < -0.4 is 4.74 Å². The standard InChI is InChI=1S/C14H20O6/c1-17-13-10(8-19-9-6-4-3-5-7-9)20-14(18-2)12(16)11(13)15/h3-7,10-16H,8H2,1-2H3/t10?,11?,12?,13-,14+/m1/s1. The number of para-hydroxylation sites is 1. The Balaban J connectivity index is 2.00. The van der Waals surface area contributed by atoms with Crippen molar-refractivity contribution in [1.29, 1.82) is 0 Å². The van der Waals surface area contributed by atoms with Gasteiger partial charge in [0.1, 0.15) is 36.8 Å². The van der Waals surface area contributed by atoms with E-state index in [2.05, 4.69) is 0 Å². The summed E-state index contributed by atoms with van der Waals surface area (Å²) in [5.74, 6) is 0.695. The Hall–Kier alpha value is -1.18. The molecule has 1 aliphatic heterocycles. The van der Waals surface area contributed by atoms with E-state index in [1.54, 1.807) is 0 Å². The van der Waals surface area contributed by atoms with Crippen LogP contribution in [0.4, 0.5) is 0 Å². The highest BCUT2D eigenvalue weighted by atomic mass is 16.7. The van der Waals surface area contributed by atoms with Gasteiger partial charge in [0.15, 0.2) is 6.29 Å². The zero-order valence-electron chi connectivity index (χ0n) is 11.5. The zero-order chi connectivity index (χ0) is 14.5. The molecule has 1 fully saturated rings. The molecule has 0 saturated carbocycles. The fourth-order valence-corrected chi connectivity index (χ4v) is 2.22. The van der Waals surface area contributed by atoms with Gasteiger partial charge in [-0.15, -0.1) is 0 Å². The van der Waals surface area contributed by atoms with Gasteiger partial charge in [0, 0.05) is 14.2 Å². The Labute approximate surface area is 117 Å². The fraction of sp³-hybridized carbons (Fsp3) is 0.571. The molecule has 20 heavy (non-hydrogen) atoms. The summed E-state index contributed by atoms with van der Waals surface area (Å²) >= 11 is 0. The maximum atomic E-state index is 10.0. The van der Waals surface area contributed by atoms with E-state index in [4.69, 9.17) is 18.9 Å². The van der Waals surface area contributed by atoms with E-state index in [1.165, 1.54) is 14.2 Å². The van der Waals surface area contributed by atoms with Crippen molar-refractivity contribution in [2.75, 3.05) is 20.8 Å². The molecule has 2 N–H and O–H groups in total. The minimum atomic E-state index is -1.15. The van der Waals surface area contributed by atoms with Crippen molar-refractivity contribution in [2.24, 2.45) is 0 Å². The van der Waals surface area contributed by atoms with Crippen molar-refractivity contribution in [1.82, 2.24) is 0 Å². The lowest BCUT2D eigenvalue weighted by Crippen LogP contribution is -2.60. The quantitative estimate of drug-likeness (QED) is 0.803. The van der Waals surface area contributed by atoms with E-state index < -0.39 is 30.7 Å². The van der Waals surface area contributed by atoms with E-state index in [0.29, 0.717) is 5.75 Å². The van der Waals surface area contributed by atoms with Crippen molar-refractivity contribution in [3.8, 4) is 5.75 Å². The number of hydrogen-bond donors (Lipinski definition) is 2. The highest BCUT2D eigenvalue weighted by molar-refractivity contribution is 5.21. The fourth-order valence-electron chi connectivity index (χ4n) is 2.22. The molecule has 0 aliphatic carbocycles. The minimum absolute atomic E-state index is 0.187. The second-order valence-corrected chi connectivity index (χ2v) is 4.58. The molecule has 1 heterocycles. The third-order valence-corrected chi connectivity index (χ3v) is 3.30. The van der Waals surface area contributed by atoms with Crippen LogP contribution in [0.25, 0.3) is 0 Å². The van der Waals surface area contributed by atoms with Crippen LogP contribution >= 0.6 is 0 Å². The number of rotatable bonds is 5. The summed E-state index contributed by atoms with van der Waals surface area (Å²) in [7, 11) is 2.86. The summed E-state index contributed by atoms with van der Waals surface area (Å²) < 4.78 is 21.4. The lowest BCUT2D eigenvalue weighted by atomic mass is 9.99. The van der Waals surface area contributed by atoms with Gasteiger partial charge in [-0.25, -0.2) is 0 Å². The van der Waals surface area contributed by atoms with E-state index >= 15 is 0 Å². The first-order valence-corrected chi connectivity index (χ1v) is 6.42. The molecule has 1 aliphatic rings. The maximum Gasteiger partial charge on any atom is 0.186 e. The molecular formula is C14H20O6. The largest absolute Gasteiger partial charge is 0.491 e. The molecule has 1 aromatic rings. The first-order valence-electron chi connectivity index (χ1n) is 6.42. The average molecular weight is 284 g/mol. The first kappa shape index (κ1) is 15.2. The summed E-state index contributed by atoms with van der Waals surface area (Å²) in [4.78, 5) is 0. The number of methoxy groups -OCH3 is 2. The van der Waals surface area contributed by atoms with Gasteiger partial charge >= 0.3 is 0 Å². The molecule has 0 amide bonds. The van der Waals surface area contributed by atoms with Crippen molar-refractivity contribution in [2.45, 2.75) is 30.7 Å². The van der Waals surface area contributed by atoms with Crippen LogP contribution in [-0.2, 0) is 14.2 Å². The van der Waals surface area contributed by atoms with E-state index in [-0.39, 0.29) is 6.61 Å². The van der Waals surface area contributed by atoms with Gasteiger partial charge in [-0.05, 0) is 12.1 Å². The van der Waals surface area contributed by atoms with Crippen LogP contribution in [0, 0.1) is 0 Å². The Bertz CT molecular complexity index is 398. The van der Waals surface area contributed by atoms with E-state index in [1.807, 2.05) is 30.3 Å². The molecule has 0 radical (unpaired) electrons. The Morgan fingerprint density at radius 3 is 2.35 bits per heavy atom. The second kappa shape index (κ2) is 7.01. The molecule has 3 unspecified atom stereocenters. The highest BCUT2D eigenvalue weighted by Crippen LogP contribution is 2.24. The first-order chi connectivity index (χ1) is 9.67. The van der Waals surface area contributed by atoms with E-state index in [0.717, 1.165) is 0 Å². The lowest BCUT2D eigenvalue weighted by Gasteiger charge is -2.41. The number of aliphatic hydroxyl groups excluding tert-OH is 2. The summed E-state index contributed by atoms with van der Waals surface area (Å²) in [5, 5.41) is 19.8. The van der Waals surface area contributed by atoms with Gasteiger partial charge in [-0.3, -0.25) is 0 Å². The van der Waals surface area contributed by atoms with Gasteiger partial charge in [0.05, 0.1) is 0 Å². The Kier molecular flexibility index (Phi) is 5.33. The van der Waals surface area contributed by atoms with Gasteiger partial charge in [-0.1, -0.05) is 18.2 Å². The predicted molar refractivity (Wildman–Crippen MR) is 70.4 cm³/mol. The number of benzene rings is 1.